The summed E-state index contributed by atoms with van der Waals surface area (Å²) in [6.45, 7) is 7.79. The Morgan fingerprint density at radius 1 is 1.03 bits per heavy atom. The lowest BCUT2D eigenvalue weighted by molar-refractivity contribution is 0.336. The molecule has 0 atom stereocenters. The Morgan fingerprint density at radius 2 is 1.76 bits per heavy atom. The summed E-state index contributed by atoms with van der Waals surface area (Å²) in [6.07, 6.45) is 1.75. The molecular weight excluding hydrogens is 364 g/mol. The van der Waals surface area contributed by atoms with E-state index >= 15 is 0 Å². The summed E-state index contributed by atoms with van der Waals surface area (Å²) >= 11 is 0. The van der Waals surface area contributed by atoms with Crippen LogP contribution in [0.25, 0.3) is 11.3 Å². The molecule has 6 heteroatoms. The first-order valence-corrected chi connectivity index (χ1v) is 9.77. The Bertz CT molecular complexity index is 961. The molecule has 0 aliphatic carbocycles. The lowest BCUT2D eigenvalue weighted by atomic mass is 10.1. The van der Waals surface area contributed by atoms with Gasteiger partial charge in [0.05, 0.1) is 19.3 Å². The quantitative estimate of drug-likeness (QED) is 0.465. The topological polar surface area (TPSA) is 71.7 Å². The van der Waals surface area contributed by atoms with E-state index in [-0.39, 0.29) is 0 Å². The highest BCUT2D eigenvalue weighted by atomic mass is 16.5. The number of benzene rings is 2. The van der Waals surface area contributed by atoms with E-state index in [0.717, 1.165) is 22.6 Å². The van der Waals surface area contributed by atoms with Gasteiger partial charge in [-0.15, -0.1) is 0 Å². The van der Waals surface area contributed by atoms with E-state index in [1.807, 2.05) is 19.1 Å². The van der Waals surface area contributed by atoms with Gasteiger partial charge in [-0.05, 0) is 32.4 Å². The van der Waals surface area contributed by atoms with Crippen molar-refractivity contribution in [2.24, 2.45) is 4.99 Å². The number of ether oxygens (including phenoxy) is 1. The van der Waals surface area contributed by atoms with Crippen LogP contribution in [-0.2, 0) is 13.1 Å². The molecule has 29 heavy (non-hydrogen) atoms. The van der Waals surface area contributed by atoms with Crippen LogP contribution >= 0.6 is 0 Å². The van der Waals surface area contributed by atoms with Crippen LogP contribution in [0.1, 0.15) is 29.5 Å². The maximum atomic E-state index is 5.86. The number of hydrogen-bond acceptors (Lipinski definition) is 4. The van der Waals surface area contributed by atoms with Crippen LogP contribution in [0.15, 0.2) is 58.1 Å². The Hall–Kier alpha value is -3.28. The SMILES string of the molecule is CCOc1cc(C)ccc1CNC(=NC)NCc1ncc(-c2ccc(C)cc2)o1. The maximum absolute atomic E-state index is 5.86. The molecule has 152 valence electrons. The first-order valence-electron chi connectivity index (χ1n) is 9.77. The Kier molecular flexibility index (Phi) is 6.89. The summed E-state index contributed by atoms with van der Waals surface area (Å²) < 4.78 is 11.6. The number of nitrogens with zero attached hydrogens (tertiary/aromatic N) is 2. The number of hydrogen-bond donors (Lipinski definition) is 2. The maximum Gasteiger partial charge on any atom is 0.214 e. The van der Waals surface area contributed by atoms with Crippen molar-refractivity contribution in [3.63, 3.8) is 0 Å². The van der Waals surface area contributed by atoms with Crippen molar-refractivity contribution in [1.82, 2.24) is 15.6 Å². The molecule has 0 aliphatic rings. The van der Waals surface area contributed by atoms with Crippen LogP contribution in [0.2, 0.25) is 0 Å². The van der Waals surface area contributed by atoms with Crippen LogP contribution in [0.3, 0.4) is 0 Å². The van der Waals surface area contributed by atoms with Crippen molar-refractivity contribution in [3.05, 3.63) is 71.2 Å². The molecule has 0 spiro atoms. The summed E-state index contributed by atoms with van der Waals surface area (Å²) in [5.74, 6) is 2.92. The molecule has 0 saturated carbocycles. The zero-order valence-electron chi connectivity index (χ0n) is 17.5. The number of aromatic nitrogens is 1. The molecule has 3 aromatic rings. The van der Waals surface area contributed by atoms with Crippen molar-refractivity contribution in [3.8, 4) is 17.1 Å². The summed E-state index contributed by atoms with van der Waals surface area (Å²) in [7, 11) is 1.74. The van der Waals surface area contributed by atoms with Gasteiger partial charge in [-0.2, -0.15) is 0 Å². The predicted molar refractivity (Wildman–Crippen MR) is 116 cm³/mol. The average Bonchev–Trinajstić information content (AvgIpc) is 3.19. The van der Waals surface area contributed by atoms with E-state index in [4.69, 9.17) is 9.15 Å². The number of aliphatic imine (C=N–C) groups is 1. The van der Waals surface area contributed by atoms with Gasteiger partial charge in [-0.25, -0.2) is 4.98 Å². The lowest BCUT2D eigenvalue weighted by Crippen LogP contribution is -2.36. The number of guanidine groups is 1. The van der Waals surface area contributed by atoms with Crippen molar-refractivity contribution >= 4 is 5.96 Å². The molecule has 0 saturated heterocycles. The molecule has 1 heterocycles. The molecule has 2 aromatic carbocycles. The molecule has 0 radical (unpaired) electrons. The zero-order valence-corrected chi connectivity index (χ0v) is 17.5. The Labute approximate surface area is 172 Å². The average molecular weight is 393 g/mol. The van der Waals surface area contributed by atoms with E-state index in [2.05, 4.69) is 64.8 Å². The highest BCUT2D eigenvalue weighted by Crippen LogP contribution is 2.21. The van der Waals surface area contributed by atoms with E-state index in [0.29, 0.717) is 31.5 Å². The second-order valence-electron chi connectivity index (χ2n) is 6.81. The van der Waals surface area contributed by atoms with Crippen molar-refractivity contribution in [1.29, 1.82) is 0 Å². The van der Waals surface area contributed by atoms with Gasteiger partial charge in [-0.1, -0.05) is 42.0 Å². The second kappa shape index (κ2) is 9.78. The summed E-state index contributed by atoms with van der Waals surface area (Å²) in [5.41, 5.74) is 4.48. The number of oxazole rings is 1. The highest BCUT2D eigenvalue weighted by molar-refractivity contribution is 5.79. The number of nitrogens with one attached hydrogen (secondary N) is 2. The van der Waals surface area contributed by atoms with E-state index < -0.39 is 0 Å². The van der Waals surface area contributed by atoms with E-state index in [9.17, 15) is 0 Å². The summed E-state index contributed by atoms with van der Waals surface area (Å²) in [5, 5.41) is 6.54. The van der Waals surface area contributed by atoms with Crippen LogP contribution in [0.5, 0.6) is 5.75 Å². The minimum Gasteiger partial charge on any atom is -0.494 e. The van der Waals surface area contributed by atoms with Gasteiger partial charge in [-0.3, -0.25) is 4.99 Å². The molecular formula is C23H28N4O2. The van der Waals surface area contributed by atoms with Gasteiger partial charge in [0.15, 0.2) is 11.7 Å². The minimum absolute atomic E-state index is 0.442. The fourth-order valence-corrected chi connectivity index (χ4v) is 2.90. The Morgan fingerprint density at radius 3 is 2.48 bits per heavy atom. The fraction of sp³-hybridized carbons (Fsp3) is 0.304. The molecule has 3 rings (SSSR count). The van der Waals surface area contributed by atoms with E-state index in [1.54, 1.807) is 13.2 Å². The first-order chi connectivity index (χ1) is 14.1. The van der Waals surface area contributed by atoms with Crippen molar-refractivity contribution in [2.75, 3.05) is 13.7 Å². The largest absolute Gasteiger partial charge is 0.494 e. The van der Waals surface area contributed by atoms with Crippen molar-refractivity contribution in [2.45, 2.75) is 33.9 Å². The summed E-state index contributed by atoms with van der Waals surface area (Å²) in [6, 6.07) is 14.4. The van der Waals surface area contributed by atoms with Gasteiger partial charge in [0, 0.05) is 24.7 Å². The van der Waals surface area contributed by atoms with Crippen LogP contribution in [0.4, 0.5) is 0 Å². The third-order valence-corrected chi connectivity index (χ3v) is 4.49. The van der Waals surface area contributed by atoms with Gasteiger partial charge in [0.2, 0.25) is 5.89 Å². The first kappa shape index (κ1) is 20.5. The molecule has 0 bridgehead atoms. The lowest BCUT2D eigenvalue weighted by Gasteiger charge is -2.14. The van der Waals surface area contributed by atoms with E-state index in [1.165, 1.54) is 11.1 Å². The number of aryl methyl sites for hydroxylation is 2. The van der Waals surface area contributed by atoms with Gasteiger partial charge in [0.1, 0.15) is 5.75 Å². The van der Waals surface area contributed by atoms with Crippen LogP contribution < -0.4 is 15.4 Å². The zero-order chi connectivity index (χ0) is 20.6. The predicted octanol–water partition coefficient (Wildman–Crippen LogP) is 4.22. The monoisotopic (exact) mass is 392 g/mol. The van der Waals surface area contributed by atoms with Gasteiger partial charge < -0.3 is 19.8 Å². The third-order valence-electron chi connectivity index (χ3n) is 4.49. The molecule has 6 nitrogen and oxygen atoms in total. The molecule has 0 amide bonds. The second-order valence-corrected chi connectivity index (χ2v) is 6.81. The number of rotatable bonds is 7. The molecule has 0 aliphatic heterocycles. The third kappa shape index (κ3) is 5.60. The van der Waals surface area contributed by atoms with Gasteiger partial charge >= 0.3 is 0 Å². The van der Waals surface area contributed by atoms with Crippen LogP contribution in [-0.4, -0.2) is 24.6 Å². The van der Waals surface area contributed by atoms with Crippen LogP contribution in [0, 0.1) is 13.8 Å². The Balaban J connectivity index is 1.57. The molecule has 2 N–H and O–H groups in total. The molecule has 0 unspecified atom stereocenters. The highest BCUT2D eigenvalue weighted by Gasteiger charge is 2.09. The summed E-state index contributed by atoms with van der Waals surface area (Å²) in [4.78, 5) is 8.63. The standard InChI is InChI=1S/C23H28N4O2/c1-5-28-20-12-17(3)8-11-19(20)13-26-23(24-4)27-15-22-25-14-21(29-22)18-9-6-16(2)7-10-18/h6-12,14H,5,13,15H2,1-4H3,(H2,24,26,27). The van der Waals surface area contributed by atoms with Gasteiger partial charge in [0.25, 0.3) is 0 Å². The minimum atomic E-state index is 0.442. The normalized spacial score (nSPS) is 11.4. The molecule has 1 aromatic heterocycles. The molecule has 0 fully saturated rings. The van der Waals surface area contributed by atoms with Crippen molar-refractivity contribution < 1.29 is 9.15 Å². The smallest absolute Gasteiger partial charge is 0.214 e. The fourth-order valence-electron chi connectivity index (χ4n) is 2.90.